The molecule has 7 nitrogen and oxygen atoms in total. The van der Waals surface area contributed by atoms with Crippen LogP contribution in [0.3, 0.4) is 0 Å². The van der Waals surface area contributed by atoms with Crippen molar-refractivity contribution in [1.82, 2.24) is 19.7 Å². The number of aryl methyl sites for hydroxylation is 3. The Balaban J connectivity index is 1.42. The van der Waals surface area contributed by atoms with E-state index in [2.05, 4.69) is 15.4 Å². The minimum atomic E-state index is -0.242. The Bertz CT molecular complexity index is 1120. The average molecular weight is 432 g/mol. The highest BCUT2D eigenvalue weighted by atomic mass is 16.2. The van der Waals surface area contributed by atoms with Crippen LogP contribution in [0.4, 0.5) is 5.82 Å². The summed E-state index contributed by atoms with van der Waals surface area (Å²) < 4.78 is 1.94. The molecule has 1 unspecified atom stereocenters. The van der Waals surface area contributed by atoms with Gasteiger partial charge in [-0.1, -0.05) is 18.2 Å². The molecule has 3 aromatic rings. The summed E-state index contributed by atoms with van der Waals surface area (Å²) in [4.78, 5) is 32.0. The molecule has 1 saturated heterocycles. The molecule has 0 bridgehead atoms. The fraction of sp³-hybridized carbons (Fsp3) is 0.360. The summed E-state index contributed by atoms with van der Waals surface area (Å²) in [5.74, 6) is 0.179. The van der Waals surface area contributed by atoms with Crippen molar-refractivity contribution in [3.8, 4) is 0 Å². The first-order valence-corrected chi connectivity index (χ1v) is 11.0. The van der Waals surface area contributed by atoms with E-state index in [0.717, 1.165) is 35.4 Å². The molecule has 0 saturated carbocycles. The third-order valence-electron chi connectivity index (χ3n) is 5.85. The third kappa shape index (κ3) is 5.04. The highest BCUT2D eigenvalue weighted by Crippen LogP contribution is 2.21. The molecule has 3 heterocycles. The minimum absolute atomic E-state index is 0.0359. The molecule has 0 radical (unpaired) electrons. The molecule has 1 aliphatic rings. The van der Waals surface area contributed by atoms with E-state index in [1.165, 1.54) is 0 Å². The number of piperidine rings is 1. The molecule has 1 atom stereocenters. The standard InChI is InChI=1S/C25H29N5O2/c1-17-9-10-23(26-14-17)27-24(31)22-8-5-11-29(16-22)25(32)21-7-4-6-20(13-21)15-30-19(3)12-18(2)28-30/h4,6-7,9-10,12-14,22H,5,8,11,15-16H2,1-3H3,(H,26,27,31). The predicted octanol–water partition coefficient (Wildman–Crippen LogP) is 3.74. The van der Waals surface area contributed by atoms with Gasteiger partial charge in [0.1, 0.15) is 5.82 Å². The Morgan fingerprint density at radius 2 is 1.97 bits per heavy atom. The van der Waals surface area contributed by atoms with E-state index in [9.17, 15) is 9.59 Å². The highest BCUT2D eigenvalue weighted by Gasteiger charge is 2.29. The summed E-state index contributed by atoms with van der Waals surface area (Å²) >= 11 is 0. The second-order valence-corrected chi connectivity index (χ2v) is 8.59. The molecular weight excluding hydrogens is 402 g/mol. The fourth-order valence-corrected chi connectivity index (χ4v) is 4.14. The van der Waals surface area contributed by atoms with Crippen LogP contribution in [0, 0.1) is 26.7 Å². The summed E-state index contributed by atoms with van der Waals surface area (Å²) in [5, 5.41) is 7.39. The van der Waals surface area contributed by atoms with E-state index >= 15 is 0 Å². The number of pyridine rings is 1. The second kappa shape index (κ2) is 9.34. The van der Waals surface area contributed by atoms with E-state index in [0.29, 0.717) is 31.0 Å². The van der Waals surface area contributed by atoms with Gasteiger partial charge in [-0.3, -0.25) is 14.3 Å². The van der Waals surface area contributed by atoms with Gasteiger partial charge in [-0.25, -0.2) is 4.98 Å². The maximum Gasteiger partial charge on any atom is 0.253 e. The van der Waals surface area contributed by atoms with Gasteiger partial charge in [0.25, 0.3) is 5.91 Å². The molecule has 0 aliphatic carbocycles. The minimum Gasteiger partial charge on any atom is -0.338 e. The molecule has 1 fully saturated rings. The first-order chi connectivity index (χ1) is 15.4. The molecule has 7 heteroatoms. The second-order valence-electron chi connectivity index (χ2n) is 8.59. The summed E-state index contributed by atoms with van der Waals surface area (Å²) in [5.41, 5.74) is 4.78. The van der Waals surface area contributed by atoms with E-state index in [1.54, 1.807) is 17.2 Å². The van der Waals surface area contributed by atoms with Gasteiger partial charge in [0, 0.05) is 30.5 Å². The van der Waals surface area contributed by atoms with Crippen molar-refractivity contribution in [3.63, 3.8) is 0 Å². The van der Waals surface area contributed by atoms with Gasteiger partial charge in [-0.2, -0.15) is 5.10 Å². The zero-order chi connectivity index (χ0) is 22.7. The Morgan fingerprint density at radius 3 is 2.69 bits per heavy atom. The third-order valence-corrected chi connectivity index (χ3v) is 5.85. The number of hydrogen-bond donors (Lipinski definition) is 1. The van der Waals surface area contributed by atoms with Crippen molar-refractivity contribution < 1.29 is 9.59 Å². The van der Waals surface area contributed by atoms with Crippen LogP contribution in [0.25, 0.3) is 0 Å². The number of aromatic nitrogens is 3. The quantitative estimate of drug-likeness (QED) is 0.667. The van der Waals surface area contributed by atoms with E-state index in [1.807, 2.05) is 61.9 Å². The van der Waals surface area contributed by atoms with Crippen molar-refractivity contribution in [3.05, 3.63) is 76.7 Å². The summed E-state index contributed by atoms with van der Waals surface area (Å²) in [6.07, 6.45) is 3.29. The van der Waals surface area contributed by atoms with E-state index < -0.39 is 0 Å². The first-order valence-electron chi connectivity index (χ1n) is 11.0. The Hall–Kier alpha value is -3.48. The molecule has 1 aliphatic heterocycles. The SMILES string of the molecule is Cc1ccc(NC(=O)C2CCCN(C(=O)c3cccc(Cn4nc(C)cc4C)c3)C2)nc1. The van der Waals surface area contributed by atoms with Crippen molar-refractivity contribution >= 4 is 17.6 Å². The van der Waals surface area contributed by atoms with Crippen LogP contribution in [0.15, 0.2) is 48.7 Å². The Morgan fingerprint density at radius 1 is 1.12 bits per heavy atom. The summed E-state index contributed by atoms with van der Waals surface area (Å²) in [7, 11) is 0. The molecular formula is C25H29N5O2. The number of likely N-dealkylation sites (tertiary alicyclic amines) is 1. The molecule has 0 spiro atoms. The van der Waals surface area contributed by atoms with Gasteiger partial charge < -0.3 is 10.2 Å². The molecule has 4 rings (SSSR count). The maximum atomic E-state index is 13.2. The number of nitrogens with one attached hydrogen (secondary N) is 1. The molecule has 2 aromatic heterocycles. The largest absolute Gasteiger partial charge is 0.338 e. The lowest BCUT2D eigenvalue weighted by molar-refractivity contribution is -0.121. The van der Waals surface area contributed by atoms with Crippen molar-refractivity contribution in [2.45, 2.75) is 40.2 Å². The molecule has 166 valence electrons. The van der Waals surface area contributed by atoms with Gasteiger partial charge in [0.2, 0.25) is 5.91 Å². The summed E-state index contributed by atoms with van der Waals surface area (Å²) in [6, 6.07) is 13.4. The lowest BCUT2D eigenvalue weighted by atomic mass is 9.96. The zero-order valence-electron chi connectivity index (χ0n) is 18.8. The lowest BCUT2D eigenvalue weighted by Crippen LogP contribution is -2.43. The van der Waals surface area contributed by atoms with Crippen LogP contribution in [0.1, 0.15) is 45.7 Å². The van der Waals surface area contributed by atoms with E-state index in [-0.39, 0.29) is 17.7 Å². The molecule has 32 heavy (non-hydrogen) atoms. The van der Waals surface area contributed by atoms with Gasteiger partial charge >= 0.3 is 0 Å². The van der Waals surface area contributed by atoms with Crippen LogP contribution in [-0.4, -0.2) is 44.6 Å². The van der Waals surface area contributed by atoms with Crippen LogP contribution < -0.4 is 5.32 Å². The number of nitrogens with zero attached hydrogens (tertiary/aromatic N) is 4. The van der Waals surface area contributed by atoms with Gasteiger partial charge in [0.05, 0.1) is 18.2 Å². The number of carbonyl (C=O) groups is 2. The number of anilines is 1. The van der Waals surface area contributed by atoms with Crippen LogP contribution >= 0.6 is 0 Å². The number of carbonyl (C=O) groups excluding carboxylic acids is 2. The van der Waals surface area contributed by atoms with E-state index in [4.69, 9.17) is 0 Å². The van der Waals surface area contributed by atoms with Gasteiger partial charge in [-0.15, -0.1) is 0 Å². The normalized spacial score (nSPS) is 16.1. The lowest BCUT2D eigenvalue weighted by Gasteiger charge is -2.32. The van der Waals surface area contributed by atoms with Crippen LogP contribution in [0.5, 0.6) is 0 Å². The molecule has 1 N–H and O–H groups in total. The smallest absolute Gasteiger partial charge is 0.253 e. The Kier molecular flexibility index (Phi) is 6.35. The van der Waals surface area contributed by atoms with Crippen molar-refractivity contribution in [2.24, 2.45) is 5.92 Å². The number of hydrogen-bond acceptors (Lipinski definition) is 4. The first kappa shape index (κ1) is 21.7. The molecule has 1 aromatic carbocycles. The Labute approximate surface area is 188 Å². The van der Waals surface area contributed by atoms with Gasteiger partial charge in [-0.05, 0) is 69.0 Å². The zero-order valence-corrected chi connectivity index (χ0v) is 18.8. The average Bonchev–Trinajstić information content (AvgIpc) is 3.11. The number of amides is 2. The number of rotatable bonds is 5. The monoisotopic (exact) mass is 431 g/mol. The van der Waals surface area contributed by atoms with Crippen LogP contribution in [-0.2, 0) is 11.3 Å². The highest BCUT2D eigenvalue weighted by molar-refractivity contribution is 5.96. The van der Waals surface area contributed by atoms with Crippen molar-refractivity contribution in [1.29, 1.82) is 0 Å². The van der Waals surface area contributed by atoms with Crippen LogP contribution in [0.2, 0.25) is 0 Å². The van der Waals surface area contributed by atoms with Gasteiger partial charge in [0.15, 0.2) is 0 Å². The van der Waals surface area contributed by atoms with Crippen molar-refractivity contribution in [2.75, 3.05) is 18.4 Å². The fourth-order valence-electron chi connectivity index (χ4n) is 4.14. The topological polar surface area (TPSA) is 80.1 Å². The predicted molar refractivity (Wildman–Crippen MR) is 123 cm³/mol. The number of benzene rings is 1. The molecule has 2 amide bonds. The summed E-state index contributed by atoms with van der Waals surface area (Å²) in [6.45, 7) is 7.65. The maximum absolute atomic E-state index is 13.2.